The van der Waals surface area contributed by atoms with E-state index in [1.54, 1.807) is 12.1 Å². The van der Waals surface area contributed by atoms with Gasteiger partial charge in [0.15, 0.2) is 0 Å². The molecule has 5 rings (SSSR count). The van der Waals surface area contributed by atoms with Gasteiger partial charge in [-0.3, -0.25) is 9.69 Å². The molecule has 0 radical (unpaired) electrons. The molecule has 0 N–H and O–H groups in total. The molecular weight excluding hydrogens is 552 g/mol. The third kappa shape index (κ3) is 7.26. The third-order valence-electron chi connectivity index (χ3n) is 7.93. The first kappa shape index (κ1) is 30.8. The van der Waals surface area contributed by atoms with Crippen molar-refractivity contribution in [3.05, 3.63) is 106 Å². The summed E-state index contributed by atoms with van der Waals surface area (Å²) in [6.45, 7) is 20.4. The smallest absolute Gasteiger partial charge is 0.257 e. The first-order valence-electron chi connectivity index (χ1n) is 15.2. The van der Waals surface area contributed by atoms with E-state index in [4.69, 9.17) is 16.0 Å². The van der Waals surface area contributed by atoms with E-state index in [1.165, 1.54) is 0 Å². The van der Waals surface area contributed by atoms with Gasteiger partial charge in [0.25, 0.3) is 5.91 Å². The molecule has 1 aliphatic rings. The second kappa shape index (κ2) is 14.2. The van der Waals surface area contributed by atoms with E-state index in [0.717, 1.165) is 60.8 Å². The molecule has 9 nitrogen and oxygen atoms in total. The minimum atomic E-state index is 0.0301. The van der Waals surface area contributed by atoms with Crippen LogP contribution in [0.25, 0.3) is 4.85 Å². The van der Waals surface area contributed by atoms with Gasteiger partial charge in [-0.1, -0.05) is 43.7 Å². The Balaban J connectivity index is 1.24. The predicted molar refractivity (Wildman–Crippen MR) is 171 cm³/mol. The second-order valence-electron chi connectivity index (χ2n) is 11.2. The van der Waals surface area contributed by atoms with Crippen LogP contribution in [-0.4, -0.2) is 63.0 Å². The summed E-state index contributed by atoms with van der Waals surface area (Å²) in [5, 5.41) is 0. The lowest BCUT2D eigenvalue weighted by Gasteiger charge is -2.35. The topological polar surface area (TPSA) is 77.1 Å². The predicted octanol–water partition coefficient (Wildman–Crippen LogP) is 6.73. The molecule has 2 aromatic heterocycles. The van der Waals surface area contributed by atoms with Crippen LogP contribution in [0, 0.1) is 27.3 Å². The van der Waals surface area contributed by atoms with Crippen molar-refractivity contribution in [1.82, 2.24) is 24.3 Å². The summed E-state index contributed by atoms with van der Waals surface area (Å²) in [4.78, 5) is 30.5. The molecule has 1 aliphatic heterocycles. The highest BCUT2D eigenvalue weighted by atomic mass is 16.5. The van der Waals surface area contributed by atoms with Crippen molar-refractivity contribution in [2.75, 3.05) is 32.8 Å². The number of benzene rings is 2. The van der Waals surface area contributed by atoms with Gasteiger partial charge in [-0.2, -0.15) is 0 Å². The van der Waals surface area contributed by atoms with Gasteiger partial charge in [-0.15, -0.1) is 0 Å². The van der Waals surface area contributed by atoms with Crippen LogP contribution in [0.1, 0.15) is 58.5 Å². The Morgan fingerprint density at radius 1 is 1.00 bits per heavy atom. The lowest BCUT2D eigenvalue weighted by molar-refractivity contribution is 0.0621. The molecule has 9 heteroatoms. The van der Waals surface area contributed by atoms with Crippen molar-refractivity contribution in [3.63, 3.8) is 0 Å². The number of pyridine rings is 1. The van der Waals surface area contributed by atoms with Crippen LogP contribution in [0.15, 0.2) is 60.8 Å². The quantitative estimate of drug-likeness (QED) is 0.142. The normalized spacial score (nSPS) is 13.5. The molecule has 0 atom stereocenters. The fourth-order valence-electron chi connectivity index (χ4n) is 5.40. The van der Waals surface area contributed by atoms with Crippen LogP contribution in [-0.2, 0) is 13.1 Å². The molecule has 2 aromatic carbocycles. The zero-order chi connectivity index (χ0) is 31.1. The van der Waals surface area contributed by atoms with Crippen molar-refractivity contribution < 1.29 is 14.3 Å². The van der Waals surface area contributed by atoms with E-state index in [9.17, 15) is 4.79 Å². The molecule has 3 heterocycles. The Morgan fingerprint density at radius 3 is 2.55 bits per heavy atom. The molecular formula is C35H40N6O3. The molecule has 0 spiro atoms. The molecule has 0 aliphatic carbocycles. The van der Waals surface area contributed by atoms with Crippen LogP contribution >= 0.6 is 0 Å². The van der Waals surface area contributed by atoms with E-state index in [1.807, 2.05) is 74.3 Å². The number of piperazine rings is 1. The molecule has 0 saturated carbocycles. The third-order valence-corrected chi connectivity index (χ3v) is 7.93. The van der Waals surface area contributed by atoms with Crippen LogP contribution in [0.2, 0.25) is 0 Å². The molecule has 4 aromatic rings. The Morgan fingerprint density at radius 2 is 1.80 bits per heavy atom. The second-order valence-corrected chi connectivity index (χ2v) is 11.2. The van der Waals surface area contributed by atoms with Crippen molar-refractivity contribution >= 4 is 11.6 Å². The number of aromatic nitrogens is 3. The first-order valence-corrected chi connectivity index (χ1v) is 15.2. The van der Waals surface area contributed by atoms with Crippen LogP contribution in [0.3, 0.4) is 0 Å². The standard InChI is InChI=1S/C35H40N6O3/c1-6-7-20-43-34-25(2)10-8-12-30(34)35(42)40-18-16-39(17-19-40)24-29-22-37-27(4)41(29)23-28-14-15-31(36-5)32(21-28)44-33-13-9-11-26(3)38-33/h8-15,21-22H,6-7,16-20,23-24H2,1-4H3. The van der Waals surface area contributed by atoms with Crippen LogP contribution in [0.5, 0.6) is 17.4 Å². The summed E-state index contributed by atoms with van der Waals surface area (Å²) in [7, 11) is 0. The number of hydrogen-bond donors (Lipinski definition) is 0. The number of unbranched alkanes of at least 4 members (excludes halogenated alkanes) is 1. The molecule has 1 fully saturated rings. The average molecular weight is 593 g/mol. The number of imidazole rings is 1. The van der Waals surface area contributed by atoms with E-state index in [-0.39, 0.29) is 5.91 Å². The average Bonchev–Trinajstić information content (AvgIpc) is 3.36. The van der Waals surface area contributed by atoms with Crippen LogP contribution < -0.4 is 9.47 Å². The molecule has 0 unspecified atom stereocenters. The highest BCUT2D eigenvalue weighted by Crippen LogP contribution is 2.33. The van der Waals surface area contributed by atoms with Crippen molar-refractivity contribution in [2.45, 2.75) is 53.6 Å². The van der Waals surface area contributed by atoms with Gasteiger partial charge in [0.2, 0.25) is 11.6 Å². The van der Waals surface area contributed by atoms with Gasteiger partial charge in [0, 0.05) is 57.2 Å². The van der Waals surface area contributed by atoms with E-state index >= 15 is 0 Å². The summed E-state index contributed by atoms with van der Waals surface area (Å²) in [6, 6.07) is 17.1. The highest BCUT2D eigenvalue weighted by molar-refractivity contribution is 5.97. The van der Waals surface area contributed by atoms with Gasteiger partial charge in [-0.25, -0.2) is 14.8 Å². The number of ether oxygens (including phenoxy) is 2. The van der Waals surface area contributed by atoms with E-state index in [0.29, 0.717) is 54.9 Å². The number of carbonyl (C=O) groups excluding carboxylic acids is 1. The molecule has 228 valence electrons. The zero-order valence-electron chi connectivity index (χ0n) is 26.0. The molecule has 0 bridgehead atoms. The fraction of sp³-hybridized carbons (Fsp3) is 0.371. The highest BCUT2D eigenvalue weighted by Gasteiger charge is 2.26. The number of nitrogens with zero attached hydrogens (tertiary/aromatic N) is 6. The van der Waals surface area contributed by atoms with Gasteiger partial charge in [0.05, 0.1) is 24.4 Å². The number of carbonyl (C=O) groups is 1. The summed E-state index contributed by atoms with van der Waals surface area (Å²) in [6.07, 6.45) is 3.94. The first-order chi connectivity index (χ1) is 21.4. The number of para-hydroxylation sites is 1. The Bertz CT molecular complexity index is 1650. The largest absolute Gasteiger partial charge is 0.492 e. The maximum atomic E-state index is 13.5. The van der Waals surface area contributed by atoms with E-state index in [2.05, 4.69) is 31.2 Å². The number of aryl methyl sites for hydroxylation is 3. The van der Waals surface area contributed by atoms with Gasteiger partial charge >= 0.3 is 0 Å². The Kier molecular flexibility index (Phi) is 9.93. The van der Waals surface area contributed by atoms with Crippen LogP contribution in [0.4, 0.5) is 5.69 Å². The minimum Gasteiger partial charge on any atom is -0.492 e. The van der Waals surface area contributed by atoms with Crippen molar-refractivity contribution in [1.29, 1.82) is 0 Å². The molecule has 1 amide bonds. The maximum absolute atomic E-state index is 13.5. The fourth-order valence-corrected chi connectivity index (χ4v) is 5.40. The van der Waals surface area contributed by atoms with Gasteiger partial charge in [-0.05, 0) is 56.5 Å². The zero-order valence-corrected chi connectivity index (χ0v) is 26.0. The molecule has 1 saturated heterocycles. The lowest BCUT2D eigenvalue weighted by atomic mass is 10.1. The number of rotatable bonds is 11. The molecule has 44 heavy (non-hydrogen) atoms. The Hall–Kier alpha value is -4.68. The van der Waals surface area contributed by atoms with Crippen molar-refractivity contribution in [3.8, 4) is 17.4 Å². The van der Waals surface area contributed by atoms with Crippen molar-refractivity contribution in [2.24, 2.45) is 0 Å². The SMILES string of the molecule is [C-]#[N+]c1ccc(Cn2c(CN3CCN(C(=O)c4cccc(C)c4OCCCC)CC3)cnc2C)cc1Oc1cccc(C)n1. The summed E-state index contributed by atoms with van der Waals surface area (Å²) < 4.78 is 14.3. The summed E-state index contributed by atoms with van der Waals surface area (Å²) >= 11 is 0. The van der Waals surface area contributed by atoms with Gasteiger partial charge < -0.3 is 18.9 Å². The summed E-state index contributed by atoms with van der Waals surface area (Å²) in [5.41, 5.74) is 5.04. The van der Waals surface area contributed by atoms with Gasteiger partial charge in [0.1, 0.15) is 17.3 Å². The monoisotopic (exact) mass is 592 g/mol. The Labute approximate surface area is 259 Å². The maximum Gasteiger partial charge on any atom is 0.257 e. The number of amides is 1. The van der Waals surface area contributed by atoms with E-state index < -0.39 is 0 Å². The number of hydrogen-bond acceptors (Lipinski definition) is 6. The lowest BCUT2D eigenvalue weighted by Crippen LogP contribution is -2.48. The summed E-state index contributed by atoms with van der Waals surface area (Å²) in [5.74, 6) is 2.61. The minimum absolute atomic E-state index is 0.0301.